The highest BCUT2D eigenvalue weighted by atomic mass is 32.2. The van der Waals surface area contributed by atoms with Crippen molar-refractivity contribution in [1.29, 1.82) is 0 Å². The lowest BCUT2D eigenvalue weighted by Crippen LogP contribution is -2.62. The van der Waals surface area contributed by atoms with Crippen LogP contribution in [0.4, 0.5) is 34.1 Å². The molecule has 0 saturated carbocycles. The predicted molar refractivity (Wildman–Crippen MR) is 306 cm³/mol. The van der Waals surface area contributed by atoms with Crippen molar-refractivity contribution in [3.8, 4) is 11.1 Å². The number of benzene rings is 8. The molecule has 13 rings (SSSR count). The molecule has 0 amide bonds. The zero-order valence-corrected chi connectivity index (χ0v) is 44.0. The van der Waals surface area contributed by atoms with E-state index in [4.69, 9.17) is 4.98 Å². The van der Waals surface area contributed by atoms with E-state index in [1.807, 2.05) is 11.8 Å². The fraction of sp³-hybridized carbons (Fsp3) is 0.246. The Bertz CT molecular complexity index is 3910. The summed E-state index contributed by atoms with van der Waals surface area (Å²) in [5, 5.41) is 3.62. The van der Waals surface area contributed by atoms with Gasteiger partial charge in [-0.15, -0.1) is 0 Å². The number of rotatable bonds is 2. The van der Waals surface area contributed by atoms with Gasteiger partial charge >= 0.3 is 0 Å². The van der Waals surface area contributed by atoms with Crippen molar-refractivity contribution in [1.82, 2.24) is 9.38 Å². The molecule has 0 fully saturated rings. The minimum Gasteiger partial charge on any atom is -0.311 e. The number of pyridine rings is 1. The number of hydrogen-bond acceptors (Lipinski definition) is 4. The van der Waals surface area contributed by atoms with Gasteiger partial charge in [0.05, 0.1) is 27.9 Å². The van der Waals surface area contributed by atoms with Crippen LogP contribution in [0.5, 0.6) is 0 Å². The average Bonchev–Trinajstić information content (AvgIpc) is 3.73. The third-order valence-corrected chi connectivity index (χ3v) is 16.8. The van der Waals surface area contributed by atoms with Crippen LogP contribution in [0.3, 0.4) is 0 Å². The van der Waals surface area contributed by atoms with E-state index in [0.717, 1.165) is 38.8 Å². The van der Waals surface area contributed by atoms with Crippen LogP contribution in [-0.2, 0) is 21.7 Å². The number of imidazole rings is 1. The van der Waals surface area contributed by atoms with Gasteiger partial charge in [0.2, 0.25) is 0 Å². The second-order valence-corrected chi connectivity index (χ2v) is 25.7. The minimum absolute atomic E-state index is 0.000597. The highest BCUT2D eigenvalue weighted by molar-refractivity contribution is 7.99. The molecule has 0 unspecified atom stereocenters. The van der Waals surface area contributed by atoms with Gasteiger partial charge in [0.1, 0.15) is 5.65 Å². The van der Waals surface area contributed by atoms with E-state index >= 15 is 0 Å². The molecular formula is C65H61BN4S. The molecule has 71 heavy (non-hydrogen) atoms. The monoisotopic (exact) mass is 940 g/mol. The summed E-state index contributed by atoms with van der Waals surface area (Å²) in [5.74, 6) is 0. The third-order valence-electron chi connectivity index (χ3n) is 15.7. The van der Waals surface area contributed by atoms with E-state index in [-0.39, 0.29) is 28.4 Å². The standard InChI is InChI=1S/C65H61BN4S/c1-62(2,3)40-22-26-44(27-23-40)68-52-29-24-41(63(4,5)6)34-48(52)66-49-35-43(65(10,11)12)37-58-60(49)69(53-30-25-42(64(7,8)9)36-57(53)71-58)56-33-39(32-55(68)59(56)66)38-21-28-50-54(31-38)70-51-20-16-15-18-46(51)45-17-13-14-19-47(45)61(70)67-50/h13-37H,1-12H3. The van der Waals surface area contributed by atoms with Crippen molar-refractivity contribution in [2.45, 2.75) is 115 Å². The Balaban J connectivity index is 1.15. The van der Waals surface area contributed by atoms with Gasteiger partial charge in [-0.2, -0.15) is 0 Å². The van der Waals surface area contributed by atoms with Gasteiger partial charge in [-0.05, 0) is 144 Å². The SMILES string of the molecule is CC(C)(C)c1ccc(N2c3ccc(C(C)(C)C)cc3B3c4cc(C(C)(C)C)cc5c4N(c4ccc(C(C)(C)C)cc4S5)c4cc(-c5ccc6nc7c8ccccc8c8ccccc8n7c6c5)cc2c43)cc1. The first-order chi connectivity index (χ1) is 33.7. The molecule has 4 nitrogen and oxygen atoms in total. The van der Waals surface area contributed by atoms with Crippen molar-refractivity contribution in [2.75, 3.05) is 9.80 Å². The zero-order valence-electron chi connectivity index (χ0n) is 43.2. The molecular weight excluding hydrogens is 880 g/mol. The molecule has 6 heteroatoms. The van der Waals surface area contributed by atoms with Gasteiger partial charge in [-0.1, -0.05) is 180 Å². The van der Waals surface area contributed by atoms with Crippen molar-refractivity contribution in [3.05, 3.63) is 174 Å². The van der Waals surface area contributed by atoms with Crippen LogP contribution >= 0.6 is 11.8 Å². The quantitative estimate of drug-likeness (QED) is 0.127. The minimum atomic E-state index is -0.0584. The molecule has 5 heterocycles. The summed E-state index contributed by atoms with van der Waals surface area (Å²) >= 11 is 1.95. The van der Waals surface area contributed by atoms with E-state index in [9.17, 15) is 0 Å². The summed E-state index contributed by atoms with van der Waals surface area (Å²) in [7, 11) is 0. The van der Waals surface area contributed by atoms with Crippen molar-refractivity contribution >= 4 is 107 Å². The summed E-state index contributed by atoms with van der Waals surface area (Å²) in [4.78, 5) is 13.2. The van der Waals surface area contributed by atoms with Crippen LogP contribution in [0, 0.1) is 0 Å². The molecule has 0 saturated heterocycles. The summed E-state index contributed by atoms with van der Waals surface area (Å²) in [6.45, 7) is 28.1. The second kappa shape index (κ2) is 14.9. The van der Waals surface area contributed by atoms with Gasteiger partial charge in [0.15, 0.2) is 0 Å². The molecule has 0 atom stereocenters. The number of aromatic nitrogens is 2. The van der Waals surface area contributed by atoms with Crippen LogP contribution in [-0.4, -0.2) is 16.1 Å². The number of nitrogens with zero attached hydrogens (tertiary/aromatic N) is 4. The Morgan fingerprint density at radius 1 is 0.423 bits per heavy atom. The van der Waals surface area contributed by atoms with Gasteiger partial charge in [-0.3, -0.25) is 4.40 Å². The molecule has 0 radical (unpaired) electrons. The van der Waals surface area contributed by atoms with E-state index in [1.165, 1.54) is 93.2 Å². The molecule has 0 bridgehead atoms. The molecule has 0 N–H and O–H groups in total. The second-order valence-electron chi connectivity index (χ2n) is 24.6. The Morgan fingerprint density at radius 3 is 1.69 bits per heavy atom. The van der Waals surface area contributed by atoms with E-state index in [1.54, 1.807) is 0 Å². The van der Waals surface area contributed by atoms with Crippen LogP contribution in [0.1, 0.15) is 105 Å². The number of para-hydroxylation sites is 1. The molecule has 0 aliphatic carbocycles. The normalized spacial score (nSPS) is 14.3. The first kappa shape index (κ1) is 44.2. The maximum atomic E-state index is 5.36. The Hall–Kier alpha value is -6.76. The van der Waals surface area contributed by atoms with Crippen molar-refractivity contribution < 1.29 is 0 Å². The lowest BCUT2D eigenvalue weighted by molar-refractivity contribution is 0.588. The maximum absolute atomic E-state index is 5.36. The van der Waals surface area contributed by atoms with E-state index < -0.39 is 0 Å². The topological polar surface area (TPSA) is 23.8 Å². The van der Waals surface area contributed by atoms with Gasteiger partial charge < -0.3 is 9.80 Å². The Labute approximate surface area is 423 Å². The van der Waals surface area contributed by atoms with Crippen LogP contribution in [0.15, 0.2) is 161 Å². The lowest BCUT2D eigenvalue weighted by atomic mass is 9.33. The van der Waals surface area contributed by atoms with E-state index in [2.05, 4.69) is 249 Å². The summed E-state index contributed by atoms with van der Waals surface area (Å²) < 4.78 is 2.39. The van der Waals surface area contributed by atoms with Crippen molar-refractivity contribution in [3.63, 3.8) is 0 Å². The molecule has 3 aliphatic rings. The first-order valence-electron chi connectivity index (χ1n) is 25.5. The fourth-order valence-corrected chi connectivity index (χ4v) is 12.9. The van der Waals surface area contributed by atoms with Gasteiger partial charge in [-0.25, -0.2) is 4.98 Å². The fourth-order valence-electron chi connectivity index (χ4n) is 11.7. The molecule has 10 aromatic rings. The van der Waals surface area contributed by atoms with Crippen LogP contribution < -0.4 is 26.2 Å². The average molecular weight is 941 g/mol. The Morgan fingerprint density at radius 2 is 1.00 bits per heavy atom. The highest BCUT2D eigenvalue weighted by Crippen LogP contribution is 2.56. The molecule has 350 valence electrons. The number of anilines is 6. The molecule has 0 spiro atoms. The largest absolute Gasteiger partial charge is 0.311 e. The molecule has 8 aromatic carbocycles. The lowest BCUT2D eigenvalue weighted by Gasteiger charge is -2.47. The predicted octanol–water partition coefficient (Wildman–Crippen LogP) is 16.2. The zero-order chi connectivity index (χ0) is 49.3. The molecule has 2 aromatic heterocycles. The smallest absolute Gasteiger partial charge is 0.252 e. The van der Waals surface area contributed by atoms with Crippen LogP contribution in [0.2, 0.25) is 0 Å². The highest BCUT2D eigenvalue weighted by Gasteiger charge is 2.47. The van der Waals surface area contributed by atoms with Crippen molar-refractivity contribution in [2.24, 2.45) is 0 Å². The van der Waals surface area contributed by atoms with Gasteiger partial charge in [0.25, 0.3) is 6.71 Å². The summed E-state index contributed by atoms with van der Waals surface area (Å²) in [6.07, 6.45) is 0. The number of fused-ring (bicyclic) bond motifs is 14. The first-order valence-corrected chi connectivity index (χ1v) is 26.3. The van der Waals surface area contributed by atoms with Crippen LogP contribution in [0.25, 0.3) is 49.5 Å². The summed E-state index contributed by atoms with van der Waals surface area (Å²) in [5.41, 5.74) is 23.4. The third kappa shape index (κ3) is 6.69. The molecule has 3 aliphatic heterocycles. The number of hydrogen-bond donors (Lipinski definition) is 0. The maximum Gasteiger partial charge on any atom is 0.252 e. The van der Waals surface area contributed by atoms with E-state index in [0.29, 0.717) is 0 Å². The summed E-state index contributed by atoms with van der Waals surface area (Å²) in [6, 6.07) is 58.5. The Kier molecular flexibility index (Phi) is 9.28. The van der Waals surface area contributed by atoms with Gasteiger partial charge in [0, 0.05) is 43.3 Å².